The number of benzene rings is 2. The number of rotatable bonds is 3. The quantitative estimate of drug-likeness (QED) is 0.579. The summed E-state index contributed by atoms with van der Waals surface area (Å²) in [6.07, 6.45) is 0. The van der Waals surface area contributed by atoms with Gasteiger partial charge in [0, 0.05) is 42.8 Å². The van der Waals surface area contributed by atoms with E-state index in [1.807, 2.05) is 17.9 Å². The maximum Gasteiger partial charge on any atom is 0.294 e. The van der Waals surface area contributed by atoms with Crippen molar-refractivity contribution < 1.29 is 9.72 Å². The van der Waals surface area contributed by atoms with Crippen molar-refractivity contribution in [2.75, 3.05) is 31.1 Å². The second-order valence-corrected chi connectivity index (χ2v) is 6.92. The van der Waals surface area contributed by atoms with Crippen molar-refractivity contribution in [1.29, 1.82) is 0 Å². The topological polar surface area (TPSA) is 66.7 Å². The summed E-state index contributed by atoms with van der Waals surface area (Å²) in [5.41, 5.74) is 1.84. The van der Waals surface area contributed by atoms with E-state index in [0.29, 0.717) is 47.5 Å². The fraction of sp³-hybridized carbons (Fsp3) is 0.278. The van der Waals surface area contributed by atoms with E-state index in [1.165, 1.54) is 6.07 Å². The number of piperazine rings is 1. The normalized spacial score (nSPS) is 14.4. The van der Waals surface area contributed by atoms with Gasteiger partial charge in [0.05, 0.1) is 9.95 Å². The molecule has 26 heavy (non-hydrogen) atoms. The Morgan fingerprint density at radius 1 is 1.08 bits per heavy atom. The fourth-order valence-corrected chi connectivity index (χ4v) is 3.48. The molecule has 136 valence electrons. The maximum atomic E-state index is 12.7. The predicted molar refractivity (Wildman–Crippen MR) is 102 cm³/mol. The van der Waals surface area contributed by atoms with E-state index in [9.17, 15) is 14.9 Å². The number of nitro benzene ring substituents is 1. The standard InChI is InChI=1S/C18H17Cl2N3O3/c1-12-5-6-13(11-15(12)20)18(24)22-9-7-21(8-10-22)17-14(19)3-2-4-16(17)23(25)26/h2-6,11H,7-10H2,1H3. The summed E-state index contributed by atoms with van der Waals surface area (Å²) in [7, 11) is 0. The number of para-hydroxylation sites is 1. The van der Waals surface area contributed by atoms with Gasteiger partial charge in [-0.15, -0.1) is 0 Å². The first-order chi connectivity index (χ1) is 12.4. The SMILES string of the molecule is Cc1ccc(C(=O)N2CCN(c3c(Cl)cccc3[N+](=O)[O-])CC2)cc1Cl. The third kappa shape index (κ3) is 3.61. The van der Waals surface area contributed by atoms with Crippen LogP contribution in [0, 0.1) is 17.0 Å². The molecule has 0 bridgehead atoms. The van der Waals surface area contributed by atoms with E-state index >= 15 is 0 Å². The molecule has 0 atom stereocenters. The second-order valence-electron chi connectivity index (χ2n) is 6.11. The first-order valence-electron chi connectivity index (χ1n) is 8.12. The summed E-state index contributed by atoms with van der Waals surface area (Å²) in [6, 6.07) is 9.88. The predicted octanol–water partition coefficient (Wildman–Crippen LogP) is 4.17. The molecule has 6 nitrogen and oxygen atoms in total. The molecule has 3 rings (SSSR count). The highest BCUT2D eigenvalue weighted by Crippen LogP contribution is 2.36. The van der Waals surface area contributed by atoms with Gasteiger partial charge in [0.25, 0.3) is 11.6 Å². The largest absolute Gasteiger partial charge is 0.361 e. The van der Waals surface area contributed by atoms with Gasteiger partial charge in [0.2, 0.25) is 0 Å². The Bertz CT molecular complexity index is 865. The van der Waals surface area contributed by atoms with Crippen molar-refractivity contribution in [3.8, 4) is 0 Å². The van der Waals surface area contributed by atoms with Crippen molar-refractivity contribution in [2.45, 2.75) is 6.92 Å². The number of halogens is 2. The molecule has 2 aromatic rings. The number of anilines is 1. The fourth-order valence-electron chi connectivity index (χ4n) is 3.01. The van der Waals surface area contributed by atoms with Crippen LogP contribution in [0.2, 0.25) is 10.0 Å². The molecule has 0 N–H and O–H groups in total. The van der Waals surface area contributed by atoms with Crippen LogP contribution in [-0.2, 0) is 0 Å². The van der Waals surface area contributed by atoms with Crippen LogP contribution in [-0.4, -0.2) is 41.9 Å². The lowest BCUT2D eigenvalue weighted by Crippen LogP contribution is -2.49. The zero-order valence-corrected chi connectivity index (χ0v) is 15.6. The molecule has 1 heterocycles. The highest BCUT2D eigenvalue weighted by Gasteiger charge is 2.28. The Kier molecular flexibility index (Phi) is 5.34. The van der Waals surface area contributed by atoms with Crippen molar-refractivity contribution in [1.82, 2.24) is 4.90 Å². The lowest BCUT2D eigenvalue weighted by Gasteiger charge is -2.36. The number of nitro groups is 1. The van der Waals surface area contributed by atoms with E-state index in [-0.39, 0.29) is 11.6 Å². The van der Waals surface area contributed by atoms with Crippen LogP contribution in [0.1, 0.15) is 15.9 Å². The number of aryl methyl sites for hydroxylation is 1. The number of hydrogen-bond acceptors (Lipinski definition) is 4. The summed E-state index contributed by atoms with van der Waals surface area (Å²) in [6.45, 7) is 3.72. The highest BCUT2D eigenvalue weighted by molar-refractivity contribution is 6.33. The van der Waals surface area contributed by atoms with E-state index in [1.54, 1.807) is 29.2 Å². The van der Waals surface area contributed by atoms with Crippen LogP contribution >= 0.6 is 23.2 Å². The Morgan fingerprint density at radius 2 is 1.77 bits per heavy atom. The van der Waals surface area contributed by atoms with E-state index in [4.69, 9.17) is 23.2 Å². The summed E-state index contributed by atoms with van der Waals surface area (Å²) in [4.78, 5) is 27.1. The van der Waals surface area contributed by atoms with Crippen molar-refractivity contribution >= 4 is 40.5 Å². The molecule has 1 aliphatic rings. The monoisotopic (exact) mass is 393 g/mol. The van der Waals surface area contributed by atoms with Gasteiger partial charge < -0.3 is 9.80 Å². The van der Waals surface area contributed by atoms with Gasteiger partial charge >= 0.3 is 0 Å². The molecular formula is C18H17Cl2N3O3. The van der Waals surface area contributed by atoms with Gasteiger partial charge in [0.15, 0.2) is 0 Å². The maximum absolute atomic E-state index is 12.7. The molecule has 1 aliphatic heterocycles. The molecule has 0 spiro atoms. The van der Waals surface area contributed by atoms with Crippen molar-refractivity contribution in [2.24, 2.45) is 0 Å². The van der Waals surface area contributed by atoms with Gasteiger partial charge in [-0.1, -0.05) is 35.3 Å². The van der Waals surface area contributed by atoms with E-state index in [2.05, 4.69) is 0 Å². The lowest BCUT2D eigenvalue weighted by molar-refractivity contribution is -0.384. The Hall–Kier alpha value is -2.31. The molecule has 0 radical (unpaired) electrons. The molecule has 0 aromatic heterocycles. The summed E-state index contributed by atoms with van der Waals surface area (Å²) < 4.78 is 0. The Morgan fingerprint density at radius 3 is 2.38 bits per heavy atom. The van der Waals surface area contributed by atoms with Crippen LogP contribution in [0.3, 0.4) is 0 Å². The minimum atomic E-state index is -0.437. The number of carbonyl (C=O) groups excluding carboxylic acids is 1. The lowest BCUT2D eigenvalue weighted by atomic mass is 10.1. The van der Waals surface area contributed by atoms with Gasteiger partial charge in [-0.2, -0.15) is 0 Å². The van der Waals surface area contributed by atoms with Crippen molar-refractivity contribution in [3.63, 3.8) is 0 Å². The minimum Gasteiger partial charge on any atom is -0.361 e. The third-order valence-corrected chi connectivity index (χ3v) is 5.18. The summed E-state index contributed by atoms with van der Waals surface area (Å²) in [5, 5.41) is 12.2. The molecule has 1 saturated heterocycles. The average molecular weight is 394 g/mol. The van der Waals surface area contributed by atoms with Gasteiger partial charge in [-0.25, -0.2) is 0 Å². The Labute approximate surface area is 161 Å². The summed E-state index contributed by atoms with van der Waals surface area (Å²) in [5.74, 6) is -0.0970. The average Bonchev–Trinajstić information content (AvgIpc) is 2.63. The third-order valence-electron chi connectivity index (χ3n) is 4.46. The molecule has 0 aliphatic carbocycles. The number of amides is 1. The molecule has 1 amide bonds. The Balaban J connectivity index is 1.75. The highest BCUT2D eigenvalue weighted by atomic mass is 35.5. The molecule has 0 unspecified atom stereocenters. The van der Waals surface area contributed by atoms with Gasteiger partial charge in [0.1, 0.15) is 5.69 Å². The minimum absolute atomic E-state index is 0.0254. The molecule has 8 heteroatoms. The number of nitrogens with zero attached hydrogens (tertiary/aromatic N) is 3. The molecule has 1 fully saturated rings. The molecular weight excluding hydrogens is 377 g/mol. The van der Waals surface area contributed by atoms with Crippen LogP contribution in [0.5, 0.6) is 0 Å². The smallest absolute Gasteiger partial charge is 0.294 e. The first kappa shape index (κ1) is 18.5. The molecule has 0 saturated carbocycles. The van der Waals surface area contributed by atoms with E-state index < -0.39 is 4.92 Å². The van der Waals surface area contributed by atoms with Gasteiger partial charge in [-0.3, -0.25) is 14.9 Å². The summed E-state index contributed by atoms with van der Waals surface area (Å²) >= 11 is 12.3. The van der Waals surface area contributed by atoms with Crippen LogP contribution in [0.4, 0.5) is 11.4 Å². The van der Waals surface area contributed by atoms with E-state index in [0.717, 1.165) is 5.56 Å². The zero-order valence-electron chi connectivity index (χ0n) is 14.1. The van der Waals surface area contributed by atoms with Crippen LogP contribution in [0.25, 0.3) is 0 Å². The number of carbonyl (C=O) groups is 1. The second kappa shape index (κ2) is 7.51. The van der Waals surface area contributed by atoms with Crippen LogP contribution in [0.15, 0.2) is 36.4 Å². The number of hydrogen-bond donors (Lipinski definition) is 0. The van der Waals surface area contributed by atoms with Crippen LogP contribution < -0.4 is 4.90 Å². The van der Waals surface area contributed by atoms with Crippen molar-refractivity contribution in [3.05, 3.63) is 67.7 Å². The van der Waals surface area contributed by atoms with Gasteiger partial charge in [-0.05, 0) is 30.7 Å². The molecule has 2 aromatic carbocycles. The zero-order chi connectivity index (χ0) is 18.8. The first-order valence-corrected chi connectivity index (χ1v) is 8.87.